The molecule has 0 saturated heterocycles. The Kier molecular flexibility index (Phi) is 8.48. The van der Waals surface area contributed by atoms with Crippen LogP contribution in [0.25, 0.3) is 0 Å². The highest BCUT2D eigenvalue weighted by molar-refractivity contribution is 7.91. The molecule has 3 aliphatic carbocycles. The summed E-state index contributed by atoms with van der Waals surface area (Å²) in [7, 11) is -3.43. The maximum atomic E-state index is 13.0. The van der Waals surface area contributed by atoms with E-state index < -0.39 is 22.0 Å². The highest BCUT2D eigenvalue weighted by atomic mass is 35.5. The van der Waals surface area contributed by atoms with Crippen LogP contribution in [0, 0.1) is 23.2 Å². The topological polar surface area (TPSA) is 74.6 Å². The molecule has 36 heavy (non-hydrogen) atoms. The molecular formula is C29H38Cl2O4S. The summed E-state index contributed by atoms with van der Waals surface area (Å²) in [5.74, 6) is 1.34. The summed E-state index contributed by atoms with van der Waals surface area (Å²) in [6, 6.07) is 4.52. The molecule has 4 nitrogen and oxygen atoms in total. The van der Waals surface area contributed by atoms with E-state index in [0.29, 0.717) is 42.0 Å². The van der Waals surface area contributed by atoms with Gasteiger partial charge in [-0.25, -0.2) is 8.42 Å². The number of hydrogen-bond acceptors (Lipinski definition) is 4. The van der Waals surface area contributed by atoms with Gasteiger partial charge in [0.05, 0.1) is 32.9 Å². The van der Waals surface area contributed by atoms with Gasteiger partial charge in [0.2, 0.25) is 0 Å². The SMILES string of the molecule is C=C1/C(=C\C=C2/CCCC3(C)C2CCC3C(C)CCS(=O)(=O)c2ccc(Cl)c(Cl)c2)CC(O)CC1O. The van der Waals surface area contributed by atoms with Gasteiger partial charge < -0.3 is 10.2 Å². The van der Waals surface area contributed by atoms with Gasteiger partial charge in [0, 0.05) is 6.42 Å². The zero-order valence-electron chi connectivity index (χ0n) is 21.2. The van der Waals surface area contributed by atoms with E-state index in [2.05, 4.69) is 32.6 Å². The van der Waals surface area contributed by atoms with Crippen LogP contribution in [0.2, 0.25) is 10.0 Å². The number of rotatable bonds is 6. The van der Waals surface area contributed by atoms with Crippen molar-refractivity contribution < 1.29 is 18.6 Å². The first-order valence-electron chi connectivity index (χ1n) is 13.0. The molecule has 4 rings (SSSR count). The standard InChI is InChI=1S/C29H38Cl2O4S/c1-18(12-14-36(34,35)23-8-11-26(30)27(31)17-23)24-9-10-25-20(5-4-13-29(24,25)3)6-7-21-15-22(32)16-28(33)19(21)2/h6-8,11,17-18,22,24-25,28,32-33H,2,4-5,9-10,12-16H2,1,3H3/b20-6+,21-7-. The molecule has 1 aromatic rings. The van der Waals surface area contributed by atoms with E-state index in [0.717, 1.165) is 43.3 Å². The Balaban J connectivity index is 1.46. The Bertz CT molecular complexity index is 1170. The highest BCUT2D eigenvalue weighted by Crippen LogP contribution is 2.59. The van der Waals surface area contributed by atoms with Gasteiger partial charge >= 0.3 is 0 Å². The Labute approximate surface area is 226 Å². The van der Waals surface area contributed by atoms with Crippen molar-refractivity contribution in [3.8, 4) is 0 Å². The van der Waals surface area contributed by atoms with E-state index in [-0.39, 0.29) is 21.1 Å². The predicted molar refractivity (Wildman–Crippen MR) is 147 cm³/mol. The molecule has 0 aliphatic heterocycles. The smallest absolute Gasteiger partial charge is 0.178 e. The molecule has 1 aromatic carbocycles. The second-order valence-corrected chi connectivity index (χ2v) is 14.2. The minimum atomic E-state index is -3.43. The summed E-state index contributed by atoms with van der Waals surface area (Å²) in [5.41, 5.74) is 3.25. The van der Waals surface area contributed by atoms with E-state index in [1.807, 2.05) is 0 Å². The minimum absolute atomic E-state index is 0.102. The Morgan fingerprint density at radius 3 is 2.67 bits per heavy atom. The summed E-state index contributed by atoms with van der Waals surface area (Å²) in [5, 5.41) is 20.9. The van der Waals surface area contributed by atoms with Gasteiger partial charge in [-0.3, -0.25) is 0 Å². The van der Waals surface area contributed by atoms with Crippen molar-refractivity contribution >= 4 is 33.0 Å². The zero-order valence-corrected chi connectivity index (χ0v) is 23.5. The Hall–Kier alpha value is -1.11. The number of allylic oxidation sites excluding steroid dienone is 3. The van der Waals surface area contributed by atoms with Gasteiger partial charge in [0.15, 0.2) is 9.84 Å². The molecule has 0 heterocycles. The maximum Gasteiger partial charge on any atom is 0.178 e. The van der Waals surface area contributed by atoms with Gasteiger partial charge in [-0.05, 0) is 97.5 Å². The van der Waals surface area contributed by atoms with Gasteiger partial charge in [-0.1, -0.05) is 61.4 Å². The lowest BCUT2D eigenvalue weighted by Crippen LogP contribution is -2.36. The third kappa shape index (κ3) is 5.66. The van der Waals surface area contributed by atoms with Crippen LogP contribution >= 0.6 is 23.2 Å². The van der Waals surface area contributed by atoms with Crippen molar-refractivity contribution in [2.45, 2.75) is 82.3 Å². The van der Waals surface area contributed by atoms with Gasteiger partial charge in [0.1, 0.15) is 0 Å². The minimum Gasteiger partial charge on any atom is -0.393 e. The Morgan fingerprint density at radius 2 is 1.94 bits per heavy atom. The summed E-state index contributed by atoms with van der Waals surface area (Å²) in [6.07, 6.45) is 10.2. The molecule has 0 spiro atoms. The second kappa shape index (κ2) is 10.9. The van der Waals surface area contributed by atoms with Crippen molar-refractivity contribution in [2.75, 3.05) is 5.75 Å². The van der Waals surface area contributed by atoms with Crippen LogP contribution in [0.3, 0.4) is 0 Å². The van der Waals surface area contributed by atoms with E-state index in [9.17, 15) is 18.6 Å². The van der Waals surface area contributed by atoms with Gasteiger partial charge in [0.25, 0.3) is 0 Å². The fraction of sp³-hybridized carbons (Fsp3) is 0.586. The fourth-order valence-electron chi connectivity index (χ4n) is 7.01. The molecule has 3 saturated carbocycles. The van der Waals surface area contributed by atoms with Crippen molar-refractivity contribution in [3.05, 3.63) is 63.7 Å². The summed E-state index contributed by atoms with van der Waals surface area (Å²) in [6.45, 7) is 8.64. The summed E-state index contributed by atoms with van der Waals surface area (Å²) in [4.78, 5) is 0.232. The largest absolute Gasteiger partial charge is 0.393 e. The first-order chi connectivity index (χ1) is 16.9. The number of hydrogen-bond donors (Lipinski definition) is 2. The fourth-order valence-corrected chi connectivity index (χ4v) is 8.86. The van der Waals surface area contributed by atoms with Crippen LogP contribution in [0.15, 0.2) is 58.5 Å². The van der Waals surface area contributed by atoms with E-state index >= 15 is 0 Å². The molecule has 3 aliphatic rings. The third-order valence-electron chi connectivity index (χ3n) is 9.08. The lowest BCUT2D eigenvalue weighted by Gasteiger charge is -2.44. The highest BCUT2D eigenvalue weighted by Gasteiger charge is 2.50. The van der Waals surface area contributed by atoms with Crippen molar-refractivity contribution in [3.63, 3.8) is 0 Å². The summed E-state index contributed by atoms with van der Waals surface area (Å²) < 4.78 is 26.0. The average Bonchev–Trinajstić information content (AvgIpc) is 3.18. The first kappa shape index (κ1) is 27.9. The third-order valence-corrected chi connectivity index (χ3v) is 11.6. The average molecular weight is 554 g/mol. The van der Waals surface area contributed by atoms with Gasteiger partial charge in [-0.2, -0.15) is 0 Å². The van der Waals surface area contributed by atoms with Crippen LogP contribution in [0.1, 0.15) is 65.2 Å². The van der Waals surface area contributed by atoms with Crippen molar-refractivity contribution in [2.24, 2.45) is 23.2 Å². The monoisotopic (exact) mass is 552 g/mol. The van der Waals surface area contributed by atoms with Crippen molar-refractivity contribution in [1.82, 2.24) is 0 Å². The second-order valence-electron chi connectivity index (χ2n) is 11.3. The Morgan fingerprint density at radius 1 is 1.19 bits per heavy atom. The molecule has 0 amide bonds. The quantitative estimate of drug-likeness (QED) is 0.401. The van der Waals surface area contributed by atoms with Crippen LogP contribution < -0.4 is 0 Å². The first-order valence-corrected chi connectivity index (χ1v) is 15.5. The molecule has 6 unspecified atom stereocenters. The number of benzene rings is 1. The number of aliphatic hydroxyl groups excluding tert-OH is 2. The number of aliphatic hydroxyl groups is 2. The van der Waals surface area contributed by atoms with E-state index in [1.54, 1.807) is 0 Å². The lowest BCUT2D eigenvalue weighted by molar-refractivity contribution is 0.0861. The molecule has 0 radical (unpaired) electrons. The van der Waals surface area contributed by atoms with Crippen LogP contribution in [0.4, 0.5) is 0 Å². The van der Waals surface area contributed by atoms with E-state index in [1.165, 1.54) is 23.8 Å². The van der Waals surface area contributed by atoms with E-state index in [4.69, 9.17) is 23.2 Å². The molecule has 2 N–H and O–H groups in total. The molecule has 0 aromatic heterocycles. The molecule has 7 heteroatoms. The predicted octanol–water partition coefficient (Wildman–Crippen LogP) is 6.93. The molecule has 0 bridgehead atoms. The molecule has 3 fully saturated rings. The number of sulfone groups is 1. The lowest BCUT2D eigenvalue weighted by atomic mass is 9.61. The normalized spacial score (nSPS) is 34.2. The van der Waals surface area contributed by atoms with Gasteiger partial charge in [-0.15, -0.1) is 0 Å². The van der Waals surface area contributed by atoms with Crippen LogP contribution in [-0.2, 0) is 9.84 Å². The maximum absolute atomic E-state index is 13.0. The zero-order chi connectivity index (χ0) is 26.3. The number of halogens is 2. The number of fused-ring (bicyclic) bond motifs is 1. The van der Waals surface area contributed by atoms with Crippen molar-refractivity contribution in [1.29, 1.82) is 0 Å². The molecule has 6 atom stereocenters. The van der Waals surface area contributed by atoms with Crippen LogP contribution in [-0.4, -0.2) is 36.6 Å². The van der Waals surface area contributed by atoms with Crippen LogP contribution in [0.5, 0.6) is 0 Å². The molecular weight excluding hydrogens is 515 g/mol. The summed E-state index contributed by atoms with van der Waals surface area (Å²) >= 11 is 12.0. The molecule has 198 valence electrons.